The molecule has 2 rings (SSSR count). The van der Waals surface area contributed by atoms with E-state index in [1.54, 1.807) is 0 Å². The Balaban J connectivity index is 2.81. The van der Waals surface area contributed by atoms with E-state index in [9.17, 15) is 4.79 Å². The Labute approximate surface area is 76.3 Å². The molecule has 1 heterocycles. The third-order valence-corrected chi connectivity index (χ3v) is 1.99. The van der Waals surface area contributed by atoms with Gasteiger partial charge in [-0.1, -0.05) is 23.7 Å². The van der Waals surface area contributed by atoms with E-state index >= 15 is 0 Å². The lowest BCUT2D eigenvalue weighted by atomic mass is 9.92. The molecular weight excluding hydrogens is 163 g/mol. The Morgan fingerprint density at radius 3 is 2.69 bits per heavy atom. The van der Waals surface area contributed by atoms with Crippen molar-refractivity contribution in [3.8, 4) is 0 Å². The Kier molecular flexibility index (Phi) is 1.62. The van der Waals surface area contributed by atoms with Crippen molar-refractivity contribution in [2.75, 3.05) is 0 Å². The van der Waals surface area contributed by atoms with Gasteiger partial charge in [0, 0.05) is 5.52 Å². The maximum atomic E-state index is 10.9. The Hall–Kier alpha value is -1.71. The zero-order valence-corrected chi connectivity index (χ0v) is 6.87. The summed E-state index contributed by atoms with van der Waals surface area (Å²) >= 11 is 0. The minimum atomic E-state index is -0.534. The van der Waals surface area contributed by atoms with Gasteiger partial charge in [-0.2, -0.15) is 0 Å². The molecule has 0 spiro atoms. The summed E-state index contributed by atoms with van der Waals surface area (Å²) in [7, 11) is 5.71. The fraction of sp³-hybridized carbons (Fsp3) is 0. The number of H-pyrrole nitrogens is 1. The van der Waals surface area contributed by atoms with Crippen LogP contribution in [0.15, 0.2) is 24.3 Å². The van der Waals surface area contributed by atoms with E-state index in [0.717, 1.165) is 10.9 Å². The predicted molar refractivity (Wildman–Crippen MR) is 52.2 cm³/mol. The van der Waals surface area contributed by atoms with Crippen molar-refractivity contribution in [1.29, 1.82) is 0 Å². The van der Waals surface area contributed by atoms with E-state index < -0.39 is 5.91 Å². The third kappa shape index (κ3) is 1.11. The van der Waals surface area contributed by atoms with E-state index in [2.05, 4.69) is 4.98 Å². The highest BCUT2D eigenvalue weighted by Crippen LogP contribution is 2.10. The van der Waals surface area contributed by atoms with Crippen molar-refractivity contribution in [3.63, 3.8) is 0 Å². The number of primary amides is 1. The molecule has 2 aromatic rings. The summed E-state index contributed by atoms with van der Waals surface area (Å²) in [5.41, 5.74) is 6.65. The van der Waals surface area contributed by atoms with Crippen molar-refractivity contribution < 1.29 is 4.79 Å². The minimum Gasteiger partial charge on any atom is -0.364 e. The van der Waals surface area contributed by atoms with Crippen LogP contribution in [-0.4, -0.2) is 18.7 Å². The number of hydrogen-bond donors (Lipinski definition) is 2. The van der Waals surface area contributed by atoms with Crippen LogP contribution in [0.5, 0.6) is 0 Å². The lowest BCUT2D eigenvalue weighted by Crippen LogP contribution is -2.20. The number of hydrogen-bond acceptors (Lipinski definition) is 1. The quantitative estimate of drug-likeness (QED) is 0.584. The molecule has 0 aliphatic rings. The third-order valence-electron chi connectivity index (χ3n) is 1.99. The number of rotatable bonds is 1. The van der Waals surface area contributed by atoms with Crippen molar-refractivity contribution in [2.24, 2.45) is 5.73 Å². The van der Waals surface area contributed by atoms with E-state index in [1.165, 1.54) is 0 Å². The summed E-state index contributed by atoms with van der Waals surface area (Å²) in [6.07, 6.45) is 0. The molecule has 0 aliphatic carbocycles. The molecule has 0 atom stereocenters. The van der Waals surface area contributed by atoms with E-state index in [0.29, 0.717) is 5.46 Å². The molecule has 13 heavy (non-hydrogen) atoms. The highest BCUT2D eigenvalue weighted by Gasteiger charge is 2.09. The minimum absolute atomic E-state index is 0.279. The first kappa shape index (κ1) is 7.92. The Morgan fingerprint density at radius 1 is 1.38 bits per heavy atom. The molecule has 3 nitrogen and oxygen atoms in total. The first-order valence-electron chi connectivity index (χ1n) is 3.86. The number of para-hydroxylation sites is 1. The number of nitrogens with two attached hydrogens (primary N) is 1. The summed E-state index contributed by atoms with van der Waals surface area (Å²) in [6, 6.07) is 7.41. The molecule has 4 heteroatoms. The van der Waals surface area contributed by atoms with Crippen LogP contribution in [0.2, 0.25) is 0 Å². The average Bonchev–Trinajstić information content (AvgIpc) is 2.45. The van der Waals surface area contributed by atoms with Gasteiger partial charge in [-0.3, -0.25) is 4.79 Å². The van der Waals surface area contributed by atoms with Crippen LogP contribution in [0.25, 0.3) is 10.9 Å². The van der Waals surface area contributed by atoms with Gasteiger partial charge in [0.05, 0.1) is 5.69 Å². The summed E-state index contributed by atoms with van der Waals surface area (Å²) in [5, 5.41) is 0.830. The van der Waals surface area contributed by atoms with Gasteiger partial charge in [0.15, 0.2) is 0 Å². The second kappa shape index (κ2) is 2.66. The largest absolute Gasteiger partial charge is 0.364 e. The van der Waals surface area contributed by atoms with Crippen LogP contribution in [0.4, 0.5) is 0 Å². The number of aromatic amines is 1. The van der Waals surface area contributed by atoms with Crippen molar-refractivity contribution in [3.05, 3.63) is 30.0 Å². The van der Waals surface area contributed by atoms with Gasteiger partial charge in [0.25, 0.3) is 5.91 Å². The van der Waals surface area contributed by atoms with Gasteiger partial charge in [0.2, 0.25) is 0 Å². The highest BCUT2D eigenvalue weighted by molar-refractivity contribution is 6.42. The van der Waals surface area contributed by atoms with Gasteiger partial charge in [-0.05, 0) is 11.5 Å². The molecule has 3 N–H and O–H groups in total. The molecule has 0 aliphatic heterocycles. The number of amides is 1. The molecule has 1 amide bonds. The molecule has 1 aromatic carbocycles. The molecule has 0 unspecified atom stereocenters. The number of fused-ring (bicyclic) bond motifs is 1. The smallest absolute Gasteiger partial charge is 0.264 e. The SMILES string of the molecule is [B]c1c(C(N)=O)[nH]c2ccccc12. The zero-order chi connectivity index (χ0) is 9.42. The van der Waals surface area contributed by atoms with Gasteiger partial charge < -0.3 is 10.7 Å². The van der Waals surface area contributed by atoms with Crippen LogP contribution in [0.1, 0.15) is 10.5 Å². The number of aromatic nitrogens is 1. The predicted octanol–water partition coefficient (Wildman–Crippen LogP) is 0.0606. The second-order valence-corrected chi connectivity index (χ2v) is 2.82. The zero-order valence-electron chi connectivity index (χ0n) is 6.87. The Morgan fingerprint density at radius 2 is 2.08 bits per heavy atom. The molecule has 0 bridgehead atoms. The lowest BCUT2D eigenvalue weighted by molar-refractivity contribution is 0.0997. The normalized spacial score (nSPS) is 10.5. The summed E-state index contributed by atoms with van der Waals surface area (Å²) < 4.78 is 0. The Bertz CT molecular complexity index is 475. The number of carbonyl (C=O) groups is 1. The number of benzene rings is 1. The summed E-state index contributed by atoms with van der Waals surface area (Å²) in [5.74, 6) is -0.534. The van der Waals surface area contributed by atoms with Crippen molar-refractivity contribution in [2.45, 2.75) is 0 Å². The molecule has 62 valence electrons. The topological polar surface area (TPSA) is 58.9 Å². The monoisotopic (exact) mass is 170 g/mol. The molecule has 0 saturated carbocycles. The van der Waals surface area contributed by atoms with Crippen molar-refractivity contribution in [1.82, 2.24) is 4.98 Å². The first-order chi connectivity index (χ1) is 6.20. The summed E-state index contributed by atoms with van der Waals surface area (Å²) in [6.45, 7) is 0. The molecule has 1 aromatic heterocycles. The van der Waals surface area contributed by atoms with Gasteiger partial charge in [0.1, 0.15) is 7.85 Å². The number of nitrogens with one attached hydrogen (secondary N) is 1. The van der Waals surface area contributed by atoms with Gasteiger partial charge in [-0.15, -0.1) is 0 Å². The van der Waals surface area contributed by atoms with E-state index in [1.807, 2.05) is 24.3 Å². The maximum absolute atomic E-state index is 10.9. The lowest BCUT2D eigenvalue weighted by Gasteiger charge is -1.91. The molecule has 2 radical (unpaired) electrons. The summed E-state index contributed by atoms with van der Waals surface area (Å²) in [4.78, 5) is 13.8. The molecule has 0 saturated heterocycles. The fourth-order valence-electron chi connectivity index (χ4n) is 1.36. The van der Waals surface area contributed by atoms with E-state index in [-0.39, 0.29) is 5.69 Å². The first-order valence-corrected chi connectivity index (χ1v) is 3.86. The van der Waals surface area contributed by atoms with Crippen LogP contribution < -0.4 is 11.2 Å². The molecule has 0 fully saturated rings. The van der Waals surface area contributed by atoms with E-state index in [4.69, 9.17) is 13.6 Å². The standard InChI is InChI=1S/C9H7BN2O/c10-7-5-3-1-2-4-6(5)12-8(7)9(11)13/h1-4,12H,(H2,11,13). The van der Waals surface area contributed by atoms with Crippen molar-refractivity contribution >= 4 is 30.1 Å². The number of carbonyl (C=O) groups excluding carboxylic acids is 1. The van der Waals surface area contributed by atoms with Gasteiger partial charge in [-0.25, -0.2) is 0 Å². The fourth-order valence-corrected chi connectivity index (χ4v) is 1.36. The van der Waals surface area contributed by atoms with Crippen LogP contribution >= 0.6 is 0 Å². The van der Waals surface area contributed by atoms with Crippen LogP contribution in [0.3, 0.4) is 0 Å². The maximum Gasteiger partial charge on any atom is 0.264 e. The van der Waals surface area contributed by atoms with Crippen LogP contribution in [0, 0.1) is 0 Å². The molecular formula is C9H7BN2O. The van der Waals surface area contributed by atoms with Gasteiger partial charge >= 0.3 is 0 Å². The second-order valence-electron chi connectivity index (χ2n) is 2.82. The van der Waals surface area contributed by atoms with Crippen LogP contribution in [-0.2, 0) is 0 Å². The average molecular weight is 170 g/mol. The highest BCUT2D eigenvalue weighted by atomic mass is 16.1.